The summed E-state index contributed by atoms with van der Waals surface area (Å²) >= 11 is 0. The molecule has 2 fully saturated rings. The lowest BCUT2D eigenvalue weighted by Gasteiger charge is -2.38. The Hall–Kier alpha value is -1.23. The Morgan fingerprint density at radius 3 is 2.57 bits per heavy atom. The number of guanidine groups is 1. The van der Waals surface area contributed by atoms with Crippen molar-refractivity contribution in [3.63, 3.8) is 0 Å². The molecule has 28 heavy (non-hydrogen) atoms. The molecule has 0 aliphatic carbocycles. The number of piperazine rings is 1. The van der Waals surface area contributed by atoms with Gasteiger partial charge in [-0.25, -0.2) is 8.42 Å². The van der Waals surface area contributed by atoms with E-state index in [0.29, 0.717) is 12.3 Å². The van der Waals surface area contributed by atoms with Crippen LogP contribution in [0, 0.1) is 5.92 Å². The van der Waals surface area contributed by atoms with E-state index in [0.717, 1.165) is 56.5 Å². The number of rotatable bonds is 5. The van der Waals surface area contributed by atoms with Crippen LogP contribution in [0.1, 0.15) is 13.3 Å². The van der Waals surface area contributed by atoms with E-state index in [-0.39, 0.29) is 35.6 Å². The number of hydrogen-bond donors (Lipinski definition) is 1. The quantitative estimate of drug-likeness (QED) is 0.362. The van der Waals surface area contributed by atoms with E-state index < -0.39 is 9.84 Å². The molecule has 0 amide bonds. The van der Waals surface area contributed by atoms with Crippen LogP contribution in [-0.4, -0.2) is 77.2 Å². The van der Waals surface area contributed by atoms with Crippen LogP contribution in [0.3, 0.4) is 0 Å². The predicted molar refractivity (Wildman–Crippen MR) is 125 cm³/mol. The molecule has 1 aromatic rings. The molecule has 158 valence electrons. The number of halogens is 1. The van der Waals surface area contributed by atoms with Crippen molar-refractivity contribution in [3.8, 4) is 5.75 Å². The van der Waals surface area contributed by atoms with E-state index >= 15 is 0 Å². The minimum Gasteiger partial charge on any atom is -0.495 e. The first-order chi connectivity index (χ1) is 13.0. The molecule has 2 saturated heterocycles. The van der Waals surface area contributed by atoms with Crippen molar-refractivity contribution >= 4 is 45.5 Å². The summed E-state index contributed by atoms with van der Waals surface area (Å²) in [5.41, 5.74) is 1.12. The molecule has 7 nitrogen and oxygen atoms in total. The zero-order valence-electron chi connectivity index (χ0n) is 16.6. The maximum absolute atomic E-state index is 11.6. The highest BCUT2D eigenvalue weighted by Gasteiger charge is 2.28. The van der Waals surface area contributed by atoms with E-state index in [9.17, 15) is 8.42 Å². The second-order valence-corrected chi connectivity index (χ2v) is 9.34. The van der Waals surface area contributed by atoms with Gasteiger partial charge in [0, 0.05) is 39.3 Å². The molecule has 0 aromatic heterocycles. The summed E-state index contributed by atoms with van der Waals surface area (Å²) in [4.78, 5) is 9.34. The van der Waals surface area contributed by atoms with Crippen molar-refractivity contribution in [2.45, 2.75) is 13.3 Å². The highest BCUT2D eigenvalue weighted by molar-refractivity contribution is 14.0. The van der Waals surface area contributed by atoms with Crippen LogP contribution >= 0.6 is 24.0 Å². The van der Waals surface area contributed by atoms with Gasteiger partial charge in [0.25, 0.3) is 0 Å². The summed E-state index contributed by atoms with van der Waals surface area (Å²) in [5.74, 6) is 2.52. The number of nitrogens with zero attached hydrogens (tertiary/aromatic N) is 3. The Morgan fingerprint density at radius 1 is 1.25 bits per heavy atom. The molecule has 3 rings (SSSR count). The van der Waals surface area contributed by atoms with Gasteiger partial charge in [-0.2, -0.15) is 0 Å². The van der Waals surface area contributed by atoms with Crippen LogP contribution < -0.4 is 15.0 Å². The highest BCUT2D eigenvalue weighted by atomic mass is 127. The Balaban J connectivity index is 0.00000280. The number of methoxy groups -OCH3 is 1. The van der Waals surface area contributed by atoms with Crippen molar-refractivity contribution in [1.82, 2.24) is 10.2 Å². The highest BCUT2D eigenvalue weighted by Crippen LogP contribution is 2.28. The van der Waals surface area contributed by atoms with E-state index in [4.69, 9.17) is 9.73 Å². The van der Waals surface area contributed by atoms with Crippen LogP contribution in [0.25, 0.3) is 0 Å². The van der Waals surface area contributed by atoms with E-state index in [2.05, 4.69) is 28.1 Å². The minimum atomic E-state index is -2.85. The topological polar surface area (TPSA) is 74.2 Å². The summed E-state index contributed by atoms with van der Waals surface area (Å²) < 4.78 is 28.8. The largest absolute Gasteiger partial charge is 0.495 e. The SMILES string of the molecule is CCNC(=NCC1CCS(=O)(=O)C1)N1CCN(c2ccccc2OC)CC1.I. The number of aliphatic imine (C=N–C) groups is 1. The van der Waals surface area contributed by atoms with Gasteiger partial charge in [0.2, 0.25) is 0 Å². The van der Waals surface area contributed by atoms with E-state index in [1.165, 1.54) is 0 Å². The standard InChI is InChI=1S/C19H30N4O3S.HI/c1-3-20-19(21-14-16-8-13-27(24,25)15-16)23-11-9-22(10-12-23)17-6-4-5-7-18(17)26-2;/h4-7,16H,3,8-15H2,1-2H3,(H,20,21);1H. The van der Waals surface area contributed by atoms with Gasteiger partial charge in [-0.1, -0.05) is 12.1 Å². The first kappa shape index (κ1) is 23.1. The van der Waals surface area contributed by atoms with Gasteiger partial charge in [0.15, 0.2) is 15.8 Å². The van der Waals surface area contributed by atoms with Gasteiger partial charge in [0.1, 0.15) is 5.75 Å². The average Bonchev–Trinajstić information content (AvgIpc) is 3.04. The van der Waals surface area contributed by atoms with Gasteiger partial charge in [-0.15, -0.1) is 24.0 Å². The van der Waals surface area contributed by atoms with Gasteiger partial charge < -0.3 is 19.9 Å². The minimum absolute atomic E-state index is 0. The van der Waals surface area contributed by atoms with Crippen molar-refractivity contribution in [2.75, 3.05) is 62.8 Å². The molecular weight excluding hydrogens is 491 g/mol. The summed E-state index contributed by atoms with van der Waals surface area (Å²) in [6.45, 7) is 6.95. The van der Waals surface area contributed by atoms with Gasteiger partial charge in [-0.05, 0) is 31.4 Å². The molecule has 2 aliphatic rings. The van der Waals surface area contributed by atoms with Crippen molar-refractivity contribution in [3.05, 3.63) is 24.3 Å². The van der Waals surface area contributed by atoms with Crippen LogP contribution in [0.5, 0.6) is 5.75 Å². The van der Waals surface area contributed by atoms with Gasteiger partial charge >= 0.3 is 0 Å². The van der Waals surface area contributed by atoms with Crippen LogP contribution in [0.15, 0.2) is 29.3 Å². The lowest BCUT2D eigenvalue weighted by Crippen LogP contribution is -2.52. The number of hydrogen-bond acceptors (Lipinski definition) is 5. The van der Waals surface area contributed by atoms with Gasteiger partial charge in [-0.3, -0.25) is 4.99 Å². The third-order valence-electron chi connectivity index (χ3n) is 5.17. The zero-order valence-corrected chi connectivity index (χ0v) is 19.8. The lowest BCUT2D eigenvalue weighted by atomic mass is 10.1. The lowest BCUT2D eigenvalue weighted by molar-refractivity contribution is 0.366. The Morgan fingerprint density at radius 2 is 1.96 bits per heavy atom. The normalized spacial score (nSPS) is 21.9. The second-order valence-electron chi connectivity index (χ2n) is 7.11. The maximum atomic E-state index is 11.6. The summed E-state index contributed by atoms with van der Waals surface area (Å²) in [5, 5.41) is 3.36. The van der Waals surface area contributed by atoms with E-state index in [1.807, 2.05) is 18.2 Å². The number of ether oxygens (including phenoxy) is 1. The predicted octanol–water partition coefficient (Wildman–Crippen LogP) is 1.84. The van der Waals surface area contributed by atoms with Crippen molar-refractivity contribution in [2.24, 2.45) is 10.9 Å². The molecule has 0 saturated carbocycles. The first-order valence-corrected chi connectivity index (χ1v) is 11.5. The smallest absolute Gasteiger partial charge is 0.194 e. The molecule has 2 heterocycles. The molecule has 1 unspecified atom stereocenters. The fraction of sp³-hybridized carbons (Fsp3) is 0.632. The molecular formula is C19H31IN4O3S. The first-order valence-electron chi connectivity index (χ1n) is 9.64. The molecule has 0 spiro atoms. The molecule has 1 aromatic carbocycles. The monoisotopic (exact) mass is 522 g/mol. The molecule has 1 atom stereocenters. The molecule has 2 aliphatic heterocycles. The maximum Gasteiger partial charge on any atom is 0.194 e. The Kier molecular flexibility index (Phi) is 8.66. The molecule has 0 radical (unpaired) electrons. The summed E-state index contributed by atoms with van der Waals surface area (Å²) in [6.07, 6.45) is 0.729. The number of para-hydroxylation sites is 2. The molecule has 1 N–H and O–H groups in total. The summed E-state index contributed by atoms with van der Waals surface area (Å²) in [7, 11) is -1.14. The number of anilines is 1. The van der Waals surface area contributed by atoms with Crippen molar-refractivity contribution < 1.29 is 13.2 Å². The van der Waals surface area contributed by atoms with Crippen molar-refractivity contribution in [1.29, 1.82) is 0 Å². The average molecular weight is 522 g/mol. The third kappa shape index (κ3) is 5.88. The van der Waals surface area contributed by atoms with Crippen LogP contribution in [0.4, 0.5) is 5.69 Å². The number of benzene rings is 1. The van der Waals surface area contributed by atoms with Gasteiger partial charge in [0.05, 0.1) is 24.3 Å². The molecule has 9 heteroatoms. The van der Waals surface area contributed by atoms with E-state index in [1.54, 1.807) is 7.11 Å². The molecule has 0 bridgehead atoms. The fourth-order valence-electron chi connectivity index (χ4n) is 3.71. The fourth-order valence-corrected chi connectivity index (χ4v) is 5.56. The van der Waals surface area contributed by atoms with Crippen LogP contribution in [0.2, 0.25) is 0 Å². The second kappa shape index (κ2) is 10.5. The van der Waals surface area contributed by atoms with Crippen LogP contribution in [-0.2, 0) is 9.84 Å². The number of sulfone groups is 1. The number of nitrogens with one attached hydrogen (secondary N) is 1. The zero-order chi connectivity index (χ0) is 19.3. The Labute approximate surface area is 185 Å². The summed E-state index contributed by atoms with van der Waals surface area (Å²) in [6, 6.07) is 8.10. The third-order valence-corrected chi connectivity index (χ3v) is 7.00. The Bertz CT molecular complexity index is 764.